The second-order valence-electron chi connectivity index (χ2n) is 4.92. The van der Waals surface area contributed by atoms with Crippen molar-refractivity contribution >= 4 is 0 Å². The van der Waals surface area contributed by atoms with Crippen LogP contribution in [0, 0.1) is 0 Å². The van der Waals surface area contributed by atoms with Crippen LogP contribution in [-0.2, 0) is 12.8 Å². The van der Waals surface area contributed by atoms with Crippen molar-refractivity contribution in [1.82, 2.24) is 0 Å². The van der Waals surface area contributed by atoms with Crippen molar-refractivity contribution in [2.45, 2.75) is 39.5 Å². The lowest BCUT2D eigenvalue weighted by molar-refractivity contribution is 0.908. The SMILES string of the molecule is CCc1cc(CC)cc(C(C)c2ccccc2)c1. The van der Waals surface area contributed by atoms with Gasteiger partial charge in [0.15, 0.2) is 0 Å². The van der Waals surface area contributed by atoms with Crippen molar-refractivity contribution in [3.63, 3.8) is 0 Å². The summed E-state index contributed by atoms with van der Waals surface area (Å²) >= 11 is 0. The van der Waals surface area contributed by atoms with Gasteiger partial charge in [-0.05, 0) is 35.1 Å². The van der Waals surface area contributed by atoms with Crippen molar-refractivity contribution in [2.24, 2.45) is 0 Å². The molecule has 0 aliphatic rings. The maximum Gasteiger partial charge on any atom is 0.00612 e. The first-order valence-electron chi connectivity index (χ1n) is 6.92. The molecule has 0 aromatic heterocycles. The summed E-state index contributed by atoms with van der Waals surface area (Å²) in [5, 5.41) is 0. The molecule has 0 aliphatic carbocycles. The van der Waals surface area contributed by atoms with E-state index in [-0.39, 0.29) is 0 Å². The molecule has 0 heterocycles. The minimum Gasteiger partial charge on any atom is -0.0622 e. The van der Waals surface area contributed by atoms with Gasteiger partial charge in [0.2, 0.25) is 0 Å². The maximum absolute atomic E-state index is 2.36. The number of hydrogen-bond donors (Lipinski definition) is 0. The number of benzene rings is 2. The summed E-state index contributed by atoms with van der Waals surface area (Å²) in [6, 6.07) is 17.8. The molecule has 0 spiro atoms. The standard InChI is InChI=1S/C18H22/c1-4-15-11-16(5-2)13-18(12-15)14(3)17-9-7-6-8-10-17/h6-14H,4-5H2,1-3H3. The highest BCUT2D eigenvalue weighted by atomic mass is 14.1. The Bertz CT molecular complexity index is 474. The van der Waals surface area contributed by atoms with Gasteiger partial charge in [-0.2, -0.15) is 0 Å². The summed E-state index contributed by atoms with van der Waals surface area (Å²) in [6.45, 7) is 6.75. The van der Waals surface area contributed by atoms with E-state index >= 15 is 0 Å². The van der Waals surface area contributed by atoms with Crippen molar-refractivity contribution in [1.29, 1.82) is 0 Å². The third kappa shape index (κ3) is 2.81. The minimum absolute atomic E-state index is 0.475. The van der Waals surface area contributed by atoms with Crippen LogP contribution in [0.1, 0.15) is 48.9 Å². The summed E-state index contributed by atoms with van der Waals surface area (Å²) in [7, 11) is 0. The largest absolute Gasteiger partial charge is 0.0622 e. The first kappa shape index (κ1) is 12.9. The fraction of sp³-hybridized carbons (Fsp3) is 0.333. The van der Waals surface area contributed by atoms with E-state index in [1.807, 2.05) is 0 Å². The van der Waals surface area contributed by atoms with Crippen LogP contribution in [0.25, 0.3) is 0 Å². The Hall–Kier alpha value is -1.56. The van der Waals surface area contributed by atoms with Gasteiger partial charge in [-0.3, -0.25) is 0 Å². The fourth-order valence-electron chi connectivity index (χ4n) is 2.38. The smallest absolute Gasteiger partial charge is 0.00612 e. The lowest BCUT2D eigenvalue weighted by atomic mass is 9.90. The Morgan fingerprint density at radius 3 is 1.83 bits per heavy atom. The molecule has 1 unspecified atom stereocenters. The Morgan fingerprint density at radius 2 is 1.33 bits per heavy atom. The first-order chi connectivity index (χ1) is 8.74. The number of aryl methyl sites for hydroxylation is 2. The van der Waals surface area contributed by atoms with Gasteiger partial charge < -0.3 is 0 Å². The van der Waals surface area contributed by atoms with Crippen LogP contribution < -0.4 is 0 Å². The third-order valence-corrected chi connectivity index (χ3v) is 3.69. The summed E-state index contributed by atoms with van der Waals surface area (Å²) in [4.78, 5) is 0. The molecule has 1 atom stereocenters. The van der Waals surface area contributed by atoms with Crippen LogP contribution in [0.4, 0.5) is 0 Å². The van der Waals surface area contributed by atoms with Gasteiger partial charge in [-0.1, -0.05) is 69.3 Å². The summed E-state index contributed by atoms with van der Waals surface area (Å²) in [5.41, 5.74) is 5.74. The molecule has 0 N–H and O–H groups in total. The van der Waals surface area contributed by atoms with E-state index in [0.29, 0.717) is 5.92 Å². The molecule has 94 valence electrons. The van der Waals surface area contributed by atoms with Gasteiger partial charge >= 0.3 is 0 Å². The predicted molar refractivity (Wildman–Crippen MR) is 79.2 cm³/mol. The molecular weight excluding hydrogens is 216 g/mol. The highest BCUT2D eigenvalue weighted by Gasteiger charge is 2.09. The molecule has 0 bridgehead atoms. The molecule has 0 nitrogen and oxygen atoms in total. The van der Waals surface area contributed by atoms with Crippen LogP contribution in [0.3, 0.4) is 0 Å². The molecule has 0 heteroatoms. The van der Waals surface area contributed by atoms with Crippen LogP contribution in [-0.4, -0.2) is 0 Å². The summed E-state index contributed by atoms with van der Waals surface area (Å²) in [5.74, 6) is 0.475. The topological polar surface area (TPSA) is 0 Å². The molecule has 2 aromatic carbocycles. The summed E-state index contributed by atoms with van der Waals surface area (Å²) in [6.07, 6.45) is 2.23. The lowest BCUT2D eigenvalue weighted by Crippen LogP contribution is -1.99. The van der Waals surface area contributed by atoms with Crippen molar-refractivity contribution < 1.29 is 0 Å². The second-order valence-corrected chi connectivity index (χ2v) is 4.92. The number of hydrogen-bond acceptors (Lipinski definition) is 0. The summed E-state index contributed by atoms with van der Waals surface area (Å²) < 4.78 is 0. The third-order valence-electron chi connectivity index (χ3n) is 3.69. The van der Waals surface area contributed by atoms with Gasteiger partial charge in [-0.15, -0.1) is 0 Å². The Morgan fingerprint density at radius 1 is 0.778 bits per heavy atom. The van der Waals surface area contributed by atoms with Crippen LogP contribution in [0.5, 0.6) is 0 Å². The highest BCUT2D eigenvalue weighted by Crippen LogP contribution is 2.26. The van der Waals surface area contributed by atoms with Crippen LogP contribution >= 0.6 is 0 Å². The Balaban J connectivity index is 2.38. The minimum atomic E-state index is 0.475. The fourth-order valence-corrected chi connectivity index (χ4v) is 2.38. The Kier molecular flexibility index (Phi) is 4.19. The van der Waals surface area contributed by atoms with E-state index in [9.17, 15) is 0 Å². The normalized spacial score (nSPS) is 12.4. The monoisotopic (exact) mass is 238 g/mol. The van der Waals surface area contributed by atoms with E-state index < -0.39 is 0 Å². The van der Waals surface area contributed by atoms with E-state index in [2.05, 4.69) is 69.3 Å². The average molecular weight is 238 g/mol. The zero-order valence-corrected chi connectivity index (χ0v) is 11.6. The first-order valence-corrected chi connectivity index (χ1v) is 6.92. The zero-order valence-electron chi connectivity index (χ0n) is 11.6. The van der Waals surface area contributed by atoms with Crippen LogP contribution in [0.15, 0.2) is 48.5 Å². The number of rotatable bonds is 4. The molecule has 0 saturated heterocycles. The van der Waals surface area contributed by atoms with Crippen LogP contribution in [0.2, 0.25) is 0 Å². The molecule has 0 saturated carbocycles. The van der Waals surface area contributed by atoms with Gasteiger partial charge in [0.1, 0.15) is 0 Å². The molecule has 0 amide bonds. The molecule has 0 radical (unpaired) electrons. The van der Waals surface area contributed by atoms with E-state index in [1.54, 1.807) is 0 Å². The second kappa shape index (κ2) is 5.86. The molecule has 2 aromatic rings. The van der Waals surface area contributed by atoms with Gasteiger partial charge in [0.05, 0.1) is 0 Å². The van der Waals surface area contributed by atoms with Gasteiger partial charge in [0.25, 0.3) is 0 Å². The molecule has 2 rings (SSSR count). The van der Waals surface area contributed by atoms with Crippen molar-refractivity contribution in [3.05, 3.63) is 70.8 Å². The predicted octanol–water partition coefficient (Wildman–Crippen LogP) is 4.96. The van der Waals surface area contributed by atoms with E-state index in [0.717, 1.165) is 12.8 Å². The van der Waals surface area contributed by atoms with Crippen molar-refractivity contribution in [3.8, 4) is 0 Å². The molecule has 18 heavy (non-hydrogen) atoms. The Labute approximate surface area is 111 Å². The molecule has 0 fully saturated rings. The highest BCUT2D eigenvalue weighted by molar-refractivity contribution is 5.37. The quantitative estimate of drug-likeness (QED) is 0.706. The lowest BCUT2D eigenvalue weighted by Gasteiger charge is -2.15. The molecule has 0 aliphatic heterocycles. The van der Waals surface area contributed by atoms with Gasteiger partial charge in [0, 0.05) is 5.92 Å². The average Bonchev–Trinajstić information content (AvgIpc) is 2.46. The molecular formula is C18H22. The van der Waals surface area contributed by atoms with Gasteiger partial charge in [-0.25, -0.2) is 0 Å². The zero-order chi connectivity index (χ0) is 13.0. The van der Waals surface area contributed by atoms with E-state index in [1.165, 1.54) is 22.3 Å². The van der Waals surface area contributed by atoms with E-state index in [4.69, 9.17) is 0 Å². The van der Waals surface area contributed by atoms with Crippen molar-refractivity contribution in [2.75, 3.05) is 0 Å². The maximum atomic E-state index is 2.36.